The number of aliphatic hydroxyl groups is 1. The minimum absolute atomic E-state index is 0.0885. The fourth-order valence-electron chi connectivity index (χ4n) is 2.34. The molecule has 5 nitrogen and oxygen atoms in total. The quantitative estimate of drug-likeness (QED) is 0.659. The average Bonchev–Trinajstić information content (AvgIpc) is 3.26. The summed E-state index contributed by atoms with van der Waals surface area (Å²) >= 11 is 7.52. The molecule has 0 aliphatic carbocycles. The van der Waals surface area contributed by atoms with E-state index >= 15 is 0 Å². The molecular formula is C17H16ClNO4S2. The molecule has 3 aromatic rings. The Morgan fingerprint density at radius 1 is 1.28 bits per heavy atom. The molecule has 0 aliphatic heterocycles. The van der Waals surface area contributed by atoms with Crippen LogP contribution in [0.3, 0.4) is 0 Å². The summed E-state index contributed by atoms with van der Waals surface area (Å²) < 4.78 is 32.8. The number of thiophene rings is 1. The maximum atomic E-state index is 12.4. The summed E-state index contributed by atoms with van der Waals surface area (Å²) in [6.45, 7) is 1.43. The Hall–Kier alpha value is -1.64. The molecule has 0 aliphatic rings. The van der Waals surface area contributed by atoms with E-state index < -0.39 is 16.1 Å². The average molecular weight is 398 g/mol. The molecule has 25 heavy (non-hydrogen) atoms. The highest BCUT2D eigenvalue weighted by Crippen LogP contribution is 2.27. The summed E-state index contributed by atoms with van der Waals surface area (Å²) in [5.74, 6) is 0.926. The lowest BCUT2D eigenvalue weighted by Crippen LogP contribution is -2.29. The molecule has 1 unspecified atom stereocenters. The van der Waals surface area contributed by atoms with Crippen LogP contribution in [0.2, 0.25) is 5.02 Å². The second kappa shape index (κ2) is 7.31. The summed E-state index contributed by atoms with van der Waals surface area (Å²) in [6, 6.07) is 9.95. The van der Waals surface area contributed by atoms with Crippen LogP contribution in [0.15, 0.2) is 56.5 Å². The molecule has 0 spiro atoms. The summed E-state index contributed by atoms with van der Waals surface area (Å²) in [6.07, 6.45) is -1.10. The van der Waals surface area contributed by atoms with Crippen molar-refractivity contribution in [2.45, 2.75) is 17.9 Å². The Labute approximate surface area is 154 Å². The standard InChI is InChI=1S/C17H16ClNO4S2/c1-11-13(18)3-2-4-17(11)25(21,22)19-9-14(20)16-6-5-15(23-16)12-7-8-24-10-12/h2-8,10,14,19-20H,9H2,1H3. The second-order valence-electron chi connectivity index (χ2n) is 5.44. The van der Waals surface area contributed by atoms with Gasteiger partial charge in [-0.2, -0.15) is 11.3 Å². The van der Waals surface area contributed by atoms with Crippen molar-refractivity contribution >= 4 is 33.0 Å². The van der Waals surface area contributed by atoms with Crippen LogP contribution in [-0.4, -0.2) is 20.1 Å². The molecule has 0 saturated carbocycles. The van der Waals surface area contributed by atoms with E-state index in [1.165, 1.54) is 6.07 Å². The number of halogens is 1. The van der Waals surface area contributed by atoms with E-state index in [1.807, 2.05) is 16.8 Å². The van der Waals surface area contributed by atoms with Crippen molar-refractivity contribution in [3.8, 4) is 11.3 Å². The largest absolute Gasteiger partial charge is 0.458 e. The molecule has 1 atom stereocenters. The highest BCUT2D eigenvalue weighted by Gasteiger charge is 2.21. The third-order valence-electron chi connectivity index (χ3n) is 3.74. The number of aliphatic hydroxyl groups excluding tert-OH is 1. The van der Waals surface area contributed by atoms with Gasteiger partial charge in [-0.05, 0) is 48.2 Å². The Morgan fingerprint density at radius 2 is 2.08 bits per heavy atom. The van der Waals surface area contributed by atoms with Crippen LogP contribution in [0.25, 0.3) is 11.3 Å². The van der Waals surface area contributed by atoms with Crippen molar-refractivity contribution in [1.82, 2.24) is 4.72 Å². The molecule has 2 aromatic heterocycles. The van der Waals surface area contributed by atoms with Gasteiger partial charge in [-0.25, -0.2) is 13.1 Å². The SMILES string of the molecule is Cc1c(Cl)cccc1S(=O)(=O)NCC(O)c1ccc(-c2ccsc2)o1. The van der Waals surface area contributed by atoms with Crippen molar-refractivity contribution in [2.75, 3.05) is 6.54 Å². The monoisotopic (exact) mass is 397 g/mol. The van der Waals surface area contributed by atoms with E-state index in [1.54, 1.807) is 42.5 Å². The fraction of sp³-hybridized carbons (Fsp3) is 0.176. The first-order valence-corrected chi connectivity index (χ1v) is 10.2. The Kier molecular flexibility index (Phi) is 5.31. The number of sulfonamides is 1. The van der Waals surface area contributed by atoms with E-state index in [-0.39, 0.29) is 11.4 Å². The van der Waals surface area contributed by atoms with Crippen LogP contribution >= 0.6 is 22.9 Å². The Morgan fingerprint density at radius 3 is 2.80 bits per heavy atom. The fourth-order valence-corrected chi connectivity index (χ4v) is 4.52. The highest BCUT2D eigenvalue weighted by molar-refractivity contribution is 7.89. The predicted octanol–water partition coefficient (Wildman–Crippen LogP) is 3.98. The summed E-state index contributed by atoms with van der Waals surface area (Å²) in [5.41, 5.74) is 1.38. The van der Waals surface area contributed by atoms with Gasteiger partial charge in [0.25, 0.3) is 0 Å². The number of hydrogen-bond donors (Lipinski definition) is 2. The van der Waals surface area contributed by atoms with Gasteiger partial charge in [0.1, 0.15) is 17.6 Å². The van der Waals surface area contributed by atoms with Crippen LogP contribution in [-0.2, 0) is 10.0 Å². The first kappa shape index (κ1) is 18.2. The zero-order chi connectivity index (χ0) is 18.0. The minimum atomic E-state index is -3.79. The van der Waals surface area contributed by atoms with Crippen LogP contribution in [0.4, 0.5) is 0 Å². The van der Waals surface area contributed by atoms with Crippen molar-refractivity contribution in [3.05, 3.63) is 63.5 Å². The van der Waals surface area contributed by atoms with Crippen LogP contribution in [0, 0.1) is 6.92 Å². The molecule has 0 fully saturated rings. The molecule has 0 saturated heterocycles. The molecule has 0 amide bonds. The molecule has 8 heteroatoms. The van der Waals surface area contributed by atoms with Gasteiger partial charge in [-0.3, -0.25) is 0 Å². The molecule has 2 N–H and O–H groups in total. The molecule has 132 valence electrons. The van der Waals surface area contributed by atoms with E-state index in [2.05, 4.69) is 4.72 Å². The lowest BCUT2D eigenvalue weighted by atomic mass is 10.2. The van der Waals surface area contributed by atoms with Gasteiger partial charge >= 0.3 is 0 Å². The zero-order valence-corrected chi connectivity index (χ0v) is 15.7. The molecule has 3 rings (SSSR count). The molecule has 0 radical (unpaired) electrons. The maximum absolute atomic E-state index is 12.4. The lowest BCUT2D eigenvalue weighted by Gasteiger charge is -2.12. The van der Waals surface area contributed by atoms with Gasteiger partial charge in [0.15, 0.2) is 0 Å². The van der Waals surface area contributed by atoms with Gasteiger partial charge in [-0.1, -0.05) is 17.7 Å². The number of rotatable bonds is 6. The van der Waals surface area contributed by atoms with Gasteiger partial charge < -0.3 is 9.52 Å². The smallest absolute Gasteiger partial charge is 0.240 e. The maximum Gasteiger partial charge on any atom is 0.240 e. The number of furan rings is 1. The third-order valence-corrected chi connectivity index (χ3v) is 6.40. The van der Waals surface area contributed by atoms with Crippen LogP contribution in [0.5, 0.6) is 0 Å². The van der Waals surface area contributed by atoms with Crippen molar-refractivity contribution < 1.29 is 17.9 Å². The number of benzene rings is 1. The Bertz CT molecular complexity index is 964. The summed E-state index contributed by atoms with van der Waals surface area (Å²) in [4.78, 5) is 0.0885. The summed E-state index contributed by atoms with van der Waals surface area (Å²) in [7, 11) is -3.79. The molecule has 2 heterocycles. The van der Waals surface area contributed by atoms with Crippen LogP contribution in [0.1, 0.15) is 17.4 Å². The van der Waals surface area contributed by atoms with Gasteiger partial charge in [0.2, 0.25) is 10.0 Å². The predicted molar refractivity (Wildman–Crippen MR) is 98.4 cm³/mol. The van der Waals surface area contributed by atoms with Crippen molar-refractivity contribution in [3.63, 3.8) is 0 Å². The van der Waals surface area contributed by atoms with E-state index in [9.17, 15) is 13.5 Å². The first-order chi connectivity index (χ1) is 11.9. The molecular weight excluding hydrogens is 382 g/mol. The third kappa shape index (κ3) is 3.96. The molecule has 0 bridgehead atoms. The van der Waals surface area contributed by atoms with Crippen molar-refractivity contribution in [1.29, 1.82) is 0 Å². The van der Waals surface area contributed by atoms with E-state index in [0.29, 0.717) is 22.1 Å². The Balaban J connectivity index is 1.71. The van der Waals surface area contributed by atoms with Crippen molar-refractivity contribution in [2.24, 2.45) is 0 Å². The topological polar surface area (TPSA) is 79.5 Å². The zero-order valence-electron chi connectivity index (χ0n) is 13.3. The minimum Gasteiger partial charge on any atom is -0.458 e. The summed E-state index contributed by atoms with van der Waals surface area (Å²) in [5, 5.41) is 14.4. The lowest BCUT2D eigenvalue weighted by molar-refractivity contribution is 0.155. The number of hydrogen-bond acceptors (Lipinski definition) is 5. The van der Waals surface area contributed by atoms with Crippen LogP contribution < -0.4 is 4.72 Å². The highest BCUT2D eigenvalue weighted by atomic mass is 35.5. The number of nitrogens with one attached hydrogen (secondary N) is 1. The second-order valence-corrected chi connectivity index (χ2v) is 8.37. The van der Waals surface area contributed by atoms with E-state index in [4.69, 9.17) is 16.0 Å². The molecule has 1 aromatic carbocycles. The normalized spacial score (nSPS) is 13.1. The van der Waals surface area contributed by atoms with Gasteiger partial charge in [0.05, 0.1) is 4.90 Å². The van der Waals surface area contributed by atoms with Gasteiger partial charge in [0, 0.05) is 22.5 Å². The first-order valence-electron chi connectivity index (χ1n) is 7.43. The van der Waals surface area contributed by atoms with E-state index in [0.717, 1.165) is 5.56 Å². The van der Waals surface area contributed by atoms with Gasteiger partial charge in [-0.15, -0.1) is 0 Å².